The smallest absolute Gasteiger partial charge is 0.207 e. The summed E-state index contributed by atoms with van der Waals surface area (Å²) in [5.74, 6) is 0.111. The molecule has 0 N–H and O–H groups in total. The molecule has 0 amide bonds. The van der Waals surface area contributed by atoms with E-state index in [0.717, 1.165) is 12.5 Å². The zero-order valence-electron chi connectivity index (χ0n) is 15.0. The van der Waals surface area contributed by atoms with Gasteiger partial charge in [0.05, 0.1) is 25.0 Å². The fraction of sp³-hybridized carbons (Fsp3) is 0.0952. The largest absolute Gasteiger partial charge is 0.497 e. The second kappa shape index (κ2) is 6.70. The summed E-state index contributed by atoms with van der Waals surface area (Å²) in [5.41, 5.74) is -1.05. The van der Waals surface area contributed by atoms with Crippen LogP contribution in [0.2, 0.25) is 0 Å². The number of hydrogen-bond acceptors (Lipinski definition) is 7. The van der Waals surface area contributed by atoms with Gasteiger partial charge in [-0.2, -0.15) is 0 Å². The van der Waals surface area contributed by atoms with Gasteiger partial charge in [0.1, 0.15) is 46.3 Å². The van der Waals surface area contributed by atoms with Crippen molar-refractivity contribution in [2.75, 3.05) is 14.2 Å². The second-order valence-corrected chi connectivity index (χ2v) is 6.01. The van der Waals surface area contributed by atoms with Crippen molar-refractivity contribution in [1.82, 2.24) is 0 Å². The van der Waals surface area contributed by atoms with Crippen molar-refractivity contribution in [3.63, 3.8) is 0 Å². The van der Waals surface area contributed by atoms with Crippen molar-refractivity contribution in [2.45, 2.75) is 0 Å². The Morgan fingerprint density at radius 1 is 0.750 bits per heavy atom. The first-order chi connectivity index (χ1) is 13.5. The van der Waals surface area contributed by atoms with Crippen molar-refractivity contribution in [1.29, 1.82) is 0 Å². The van der Waals surface area contributed by atoms with E-state index in [0.29, 0.717) is 22.7 Å². The molecular weight excluding hydrogens is 364 g/mol. The van der Waals surface area contributed by atoms with Crippen LogP contribution in [0.25, 0.3) is 21.9 Å². The lowest BCUT2D eigenvalue weighted by atomic mass is 10.0. The van der Waals surface area contributed by atoms with Crippen molar-refractivity contribution in [3.8, 4) is 11.5 Å². The van der Waals surface area contributed by atoms with Gasteiger partial charge in [0.2, 0.25) is 16.6 Å². The molecule has 0 unspecified atom stereocenters. The van der Waals surface area contributed by atoms with Crippen LogP contribution in [-0.2, 0) is 0 Å². The molecule has 0 spiro atoms. The van der Waals surface area contributed by atoms with Gasteiger partial charge in [0.15, 0.2) is 0 Å². The zero-order chi connectivity index (χ0) is 19.8. The highest BCUT2D eigenvalue weighted by atomic mass is 16.5. The summed E-state index contributed by atoms with van der Waals surface area (Å²) in [6.07, 6.45) is 2.10. The van der Waals surface area contributed by atoms with E-state index in [4.69, 9.17) is 18.3 Å². The molecule has 0 radical (unpaired) electrons. The molecule has 7 nitrogen and oxygen atoms in total. The molecule has 0 aliphatic rings. The molecule has 0 aliphatic carbocycles. The van der Waals surface area contributed by atoms with Gasteiger partial charge in [-0.25, -0.2) is 0 Å². The normalized spacial score (nSPS) is 10.9. The quantitative estimate of drug-likeness (QED) is 0.503. The van der Waals surface area contributed by atoms with Crippen LogP contribution < -0.4 is 20.3 Å². The Balaban J connectivity index is 1.90. The molecule has 0 fully saturated rings. The number of methoxy groups -OCH3 is 2. The predicted octanol–water partition coefficient (Wildman–Crippen LogP) is 3.15. The lowest BCUT2D eigenvalue weighted by molar-refractivity contribution is 0.103. The Morgan fingerprint density at radius 3 is 1.57 bits per heavy atom. The van der Waals surface area contributed by atoms with E-state index in [1.807, 2.05) is 0 Å². The van der Waals surface area contributed by atoms with E-state index in [-0.39, 0.29) is 21.9 Å². The number of ether oxygens (including phenoxy) is 2. The summed E-state index contributed by atoms with van der Waals surface area (Å²) in [7, 11) is 2.93. The Morgan fingerprint density at radius 2 is 1.18 bits per heavy atom. The molecule has 2 aromatic heterocycles. The van der Waals surface area contributed by atoms with Crippen LogP contribution >= 0.6 is 0 Å². The number of benzene rings is 2. The van der Waals surface area contributed by atoms with E-state index in [9.17, 15) is 14.4 Å². The van der Waals surface area contributed by atoms with Gasteiger partial charge >= 0.3 is 0 Å². The minimum atomic E-state index is -0.781. The van der Waals surface area contributed by atoms with E-state index in [2.05, 4.69) is 0 Å². The third-order valence-electron chi connectivity index (χ3n) is 4.45. The lowest BCUT2D eigenvalue weighted by Gasteiger charge is -2.05. The van der Waals surface area contributed by atoms with Crippen LogP contribution in [0.4, 0.5) is 0 Å². The summed E-state index contributed by atoms with van der Waals surface area (Å²) >= 11 is 0. The molecule has 0 bridgehead atoms. The van der Waals surface area contributed by atoms with Crippen molar-refractivity contribution in [3.05, 3.63) is 80.5 Å². The summed E-state index contributed by atoms with van der Waals surface area (Å²) in [4.78, 5) is 38.5. The lowest BCUT2D eigenvalue weighted by Crippen LogP contribution is -2.21. The first-order valence-corrected chi connectivity index (χ1v) is 8.27. The van der Waals surface area contributed by atoms with Gasteiger partial charge in [-0.1, -0.05) is 0 Å². The predicted molar refractivity (Wildman–Crippen MR) is 102 cm³/mol. The molecule has 0 aliphatic heterocycles. The SMILES string of the molecule is COc1ccc2occ(C(=O)c3coc4ccc(OC)cc4c3=O)c(=O)c2c1. The molecule has 28 heavy (non-hydrogen) atoms. The highest BCUT2D eigenvalue weighted by Crippen LogP contribution is 2.21. The van der Waals surface area contributed by atoms with Gasteiger partial charge in [-0.15, -0.1) is 0 Å². The molecule has 140 valence electrons. The van der Waals surface area contributed by atoms with E-state index < -0.39 is 16.6 Å². The first kappa shape index (κ1) is 17.5. The van der Waals surface area contributed by atoms with Gasteiger partial charge in [0, 0.05) is 0 Å². The minimum Gasteiger partial charge on any atom is -0.497 e. The average Bonchev–Trinajstić information content (AvgIpc) is 2.73. The van der Waals surface area contributed by atoms with Crippen LogP contribution in [0, 0.1) is 0 Å². The minimum absolute atomic E-state index is 0.178. The molecular formula is C21H14O7. The highest BCUT2D eigenvalue weighted by Gasteiger charge is 2.21. The van der Waals surface area contributed by atoms with Crippen molar-refractivity contribution < 1.29 is 23.1 Å². The molecule has 0 saturated heterocycles. The highest BCUT2D eigenvalue weighted by molar-refractivity contribution is 6.10. The van der Waals surface area contributed by atoms with Crippen LogP contribution in [-0.4, -0.2) is 20.0 Å². The maximum Gasteiger partial charge on any atom is 0.207 e. The Hall–Kier alpha value is -3.87. The maximum absolute atomic E-state index is 12.9. The number of carbonyl (C=O) groups excluding carboxylic acids is 1. The molecule has 4 aromatic rings. The molecule has 7 heteroatoms. The molecule has 2 heterocycles. The van der Waals surface area contributed by atoms with Crippen molar-refractivity contribution in [2.24, 2.45) is 0 Å². The Kier molecular flexibility index (Phi) is 4.19. The molecule has 2 aromatic carbocycles. The first-order valence-electron chi connectivity index (χ1n) is 8.27. The third kappa shape index (κ3) is 2.73. The number of hydrogen-bond donors (Lipinski definition) is 0. The van der Waals surface area contributed by atoms with Crippen LogP contribution in [0.1, 0.15) is 15.9 Å². The molecule has 4 rings (SSSR count). The van der Waals surface area contributed by atoms with Crippen LogP contribution in [0.5, 0.6) is 11.5 Å². The average molecular weight is 378 g/mol. The summed E-state index contributed by atoms with van der Waals surface area (Å²) in [5, 5.41) is 0.356. The van der Waals surface area contributed by atoms with Gasteiger partial charge < -0.3 is 18.3 Å². The fourth-order valence-corrected chi connectivity index (χ4v) is 2.93. The maximum atomic E-state index is 12.9. The topological polar surface area (TPSA) is 95.9 Å². The summed E-state index contributed by atoms with van der Waals surface area (Å²) in [6.45, 7) is 0. The van der Waals surface area contributed by atoms with Crippen molar-refractivity contribution >= 4 is 27.7 Å². The third-order valence-corrected chi connectivity index (χ3v) is 4.45. The number of carbonyl (C=O) groups is 1. The monoisotopic (exact) mass is 378 g/mol. The molecule has 0 saturated carbocycles. The van der Waals surface area contributed by atoms with Gasteiger partial charge in [-0.3, -0.25) is 14.4 Å². The Bertz CT molecular complexity index is 1240. The van der Waals surface area contributed by atoms with Crippen LogP contribution in [0.15, 0.2) is 67.3 Å². The summed E-state index contributed by atoms with van der Waals surface area (Å²) < 4.78 is 21.0. The van der Waals surface area contributed by atoms with Gasteiger partial charge in [-0.05, 0) is 36.4 Å². The second-order valence-electron chi connectivity index (χ2n) is 6.01. The standard InChI is InChI=1S/C21H14O7/c1-25-11-3-5-17-13(7-11)19(22)15(9-27-17)21(24)16-10-28-18-6-4-12(26-2)8-14(18)20(16)23/h3-10H,1-2H3. The number of rotatable bonds is 4. The number of ketones is 1. The zero-order valence-corrected chi connectivity index (χ0v) is 15.0. The Labute approximate surface area is 157 Å². The van der Waals surface area contributed by atoms with Crippen LogP contribution in [0.3, 0.4) is 0 Å². The van der Waals surface area contributed by atoms with Gasteiger partial charge in [0.25, 0.3) is 0 Å². The van der Waals surface area contributed by atoms with E-state index >= 15 is 0 Å². The number of fused-ring (bicyclic) bond motifs is 2. The van der Waals surface area contributed by atoms with E-state index in [1.165, 1.54) is 26.4 Å². The van der Waals surface area contributed by atoms with E-state index in [1.54, 1.807) is 24.3 Å². The molecule has 0 atom stereocenters. The fourth-order valence-electron chi connectivity index (χ4n) is 2.93. The summed E-state index contributed by atoms with van der Waals surface area (Å²) in [6, 6.07) is 9.37.